The van der Waals surface area contributed by atoms with Gasteiger partial charge in [0.2, 0.25) is 0 Å². The van der Waals surface area contributed by atoms with Gasteiger partial charge in [-0.05, 0) is 42.0 Å². The number of nitrogens with two attached hydrogens (primary N) is 2. The number of rotatable bonds is 10. The van der Waals surface area contributed by atoms with E-state index < -0.39 is 11.8 Å². The summed E-state index contributed by atoms with van der Waals surface area (Å²) < 4.78 is 12.4. The number of hydrogen-bond acceptors (Lipinski definition) is 6. The molecule has 39 heavy (non-hydrogen) atoms. The number of amides is 2. The molecule has 0 aliphatic carbocycles. The van der Waals surface area contributed by atoms with Gasteiger partial charge in [0.1, 0.15) is 18.1 Å². The van der Waals surface area contributed by atoms with E-state index in [4.69, 9.17) is 26.0 Å². The van der Waals surface area contributed by atoms with Gasteiger partial charge in [-0.15, -0.1) is 0 Å². The topological polar surface area (TPSA) is 120 Å². The molecule has 8 heteroatoms. The third kappa shape index (κ3) is 5.60. The molecule has 1 heterocycles. The van der Waals surface area contributed by atoms with Gasteiger partial charge in [0.15, 0.2) is 0 Å². The summed E-state index contributed by atoms with van der Waals surface area (Å²) in [5, 5.41) is 6.96. The van der Waals surface area contributed by atoms with Crippen molar-refractivity contribution in [3.63, 3.8) is 0 Å². The summed E-state index contributed by atoms with van der Waals surface area (Å²) in [6.07, 6.45) is 0. The third-order valence-electron chi connectivity index (χ3n) is 6.57. The highest BCUT2D eigenvalue weighted by Crippen LogP contribution is 2.33. The molecule has 8 nitrogen and oxygen atoms in total. The van der Waals surface area contributed by atoms with E-state index in [9.17, 15) is 9.59 Å². The summed E-state index contributed by atoms with van der Waals surface area (Å²) in [7, 11) is 0. The maximum atomic E-state index is 12.0. The highest BCUT2D eigenvalue weighted by molar-refractivity contribution is 6.05. The SMILES string of the molecule is NC(=O)c1ccccc1OC[C@@H]1[C@@H](COc2ccccc2C(N)=O)C(c2ccccc2)=NN1c1ccccc1. The van der Waals surface area contributed by atoms with Gasteiger partial charge in [-0.25, -0.2) is 0 Å². The van der Waals surface area contributed by atoms with Crippen molar-refractivity contribution in [2.24, 2.45) is 22.5 Å². The van der Waals surface area contributed by atoms with Crippen LogP contribution in [0.2, 0.25) is 0 Å². The number of nitrogens with zero attached hydrogens (tertiary/aromatic N) is 2. The van der Waals surface area contributed by atoms with Crippen LogP contribution in [-0.4, -0.2) is 36.8 Å². The second-order valence-corrected chi connectivity index (χ2v) is 9.05. The van der Waals surface area contributed by atoms with Gasteiger partial charge in [-0.2, -0.15) is 5.10 Å². The lowest BCUT2D eigenvalue weighted by atomic mass is 9.91. The quantitative estimate of drug-likeness (QED) is 0.324. The van der Waals surface area contributed by atoms with Crippen LogP contribution in [-0.2, 0) is 0 Å². The van der Waals surface area contributed by atoms with Crippen molar-refractivity contribution in [1.82, 2.24) is 0 Å². The van der Waals surface area contributed by atoms with Gasteiger partial charge in [0.25, 0.3) is 11.8 Å². The fourth-order valence-electron chi connectivity index (χ4n) is 4.65. The Labute approximate surface area is 226 Å². The van der Waals surface area contributed by atoms with Crippen molar-refractivity contribution in [2.75, 3.05) is 18.2 Å². The van der Waals surface area contributed by atoms with E-state index in [0.717, 1.165) is 17.0 Å². The lowest BCUT2D eigenvalue weighted by Gasteiger charge is -2.28. The maximum absolute atomic E-state index is 12.0. The first-order valence-electron chi connectivity index (χ1n) is 12.5. The van der Waals surface area contributed by atoms with Crippen LogP contribution in [0.1, 0.15) is 26.3 Å². The van der Waals surface area contributed by atoms with E-state index in [0.29, 0.717) is 22.6 Å². The van der Waals surface area contributed by atoms with E-state index in [1.807, 2.05) is 65.7 Å². The van der Waals surface area contributed by atoms with Crippen LogP contribution in [0.4, 0.5) is 5.69 Å². The van der Waals surface area contributed by atoms with Gasteiger partial charge >= 0.3 is 0 Å². The predicted molar refractivity (Wildman–Crippen MR) is 150 cm³/mol. The zero-order valence-electron chi connectivity index (χ0n) is 21.1. The molecule has 0 aromatic heterocycles. The van der Waals surface area contributed by atoms with Gasteiger partial charge in [-0.1, -0.05) is 72.8 Å². The molecule has 0 saturated carbocycles. The van der Waals surface area contributed by atoms with Crippen LogP contribution in [0.3, 0.4) is 0 Å². The van der Waals surface area contributed by atoms with Crippen LogP contribution in [0.25, 0.3) is 0 Å². The number of carbonyl (C=O) groups excluding carboxylic acids is 2. The van der Waals surface area contributed by atoms with Crippen LogP contribution in [0.15, 0.2) is 114 Å². The van der Waals surface area contributed by atoms with Crippen LogP contribution in [0.5, 0.6) is 11.5 Å². The van der Waals surface area contributed by atoms with Gasteiger partial charge in [-0.3, -0.25) is 14.6 Å². The van der Waals surface area contributed by atoms with Gasteiger partial charge in [0.05, 0.1) is 41.1 Å². The highest BCUT2D eigenvalue weighted by atomic mass is 16.5. The van der Waals surface area contributed by atoms with E-state index in [2.05, 4.69) is 0 Å². The zero-order valence-corrected chi connectivity index (χ0v) is 21.1. The van der Waals surface area contributed by atoms with Crippen LogP contribution < -0.4 is 25.9 Å². The Morgan fingerprint density at radius 1 is 0.667 bits per heavy atom. The number of benzene rings is 4. The first kappa shape index (κ1) is 25.5. The molecule has 0 bridgehead atoms. The Morgan fingerprint density at radius 2 is 1.15 bits per heavy atom. The molecule has 196 valence electrons. The fraction of sp³-hybridized carbons (Fsp3) is 0.129. The second-order valence-electron chi connectivity index (χ2n) is 9.05. The summed E-state index contributed by atoms with van der Waals surface area (Å²) in [5.74, 6) is -0.613. The number of hydrazone groups is 1. The second kappa shape index (κ2) is 11.5. The molecule has 4 N–H and O–H groups in total. The van der Waals surface area contributed by atoms with Crippen molar-refractivity contribution in [2.45, 2.75) is 6.04 Å². The lowest BCUT2D eigenvalue weighted by Crippen LogP contribution is -2.41. The average Bonchev–Trinajstić information content (AvgIpc) is 3.34. The molecule has 1 aliphatic heterocycles. The number of ether oxygens (including phenoxy) is 2. The number of para-hydroxylation sites is 3. The van der Waals surface area contributed by atoms with E-state index >= 15 is 0 Å². The molecule has 0 saturated heterocycles. The number of primary amides is 2. The smallest absolute Gasteiger partial charge is 0.252 e. The van der Waals surface area contributed by atoms with Crippen molar-refractivity contribution >= 4 is 23.2 Å². The molecule has 0 radical (unpaired) electrons. The Hall–Kier alpha value is -5.11. The minimum atomic E-state index is -0.568. The molecular formula is C31H28N4O4. The minimum Gasteiger partial charge on any atom is -0.492 e. The highest BCUT2D eigenvalue weighted by Gasteiger charge is 2.40. The van der Waals surface area contributed by atoms with Gasteiger partial charge in [0, 0.05) is 0 Å². The van der Waals surface area contributed by atoms with Crippen LogP contribution in [0, 0.1) is 5.92 Å². The standard InChI is InChI=1S/C31H28N4O4/c32-30(36)23-15-7-9-17-27(23)38-19-25-26(20-39-28-18-10-8-16-24(28)31(33)37)35(22-13-5-2-6-14-22)34-29(25)21-11-3-1-4-12-21/h1-18,25-26H,19-20H2,(H2,32,36)(H2,33,37)/t25-,26-/m1/s1. The van der Waals surface area contributed by atoms with E-state index in [-0.39, 0.29) is 25.2 Å². The third-order valence-corrected chi connectivity index (χ3v) is 6.57. The largest absolute Gasteiger partial charge is 0.492 e. The summed E-state index contributed by atoms with van der Waals surface area (Å²) in [6.45, 7) is 0.386. The number of anilines is 1. The predicted octanol–water partition coefficient (Wildman–Crippen LogP) is 4.25. The van der Waals surface area contributed by atoms with Gasteiger partial charge < -0.3 is 20.9 Å². The van der Waals surface area contributed by atoms with Crippen molar-refractivity contribution in [3.05, 3.63) is 126 Å². The molecule has 1 aliphatic rings. The van der Waals surface area contributed by atoms with Crippen molar-refractivity contribution in [3.8, 4) is 11.5 Å². The molecule has 5 rings (SSSR count). The first-order valence-corrected chi connectivity index (χ1v) is 12.5. The normalized spacial score (nSPS) is 16.4. The maximum Gasteiger partial charge on any atom is 0.252 e. The molecule has 2 amide bonds. The summed E-state index contributed by atoms with van der Waals surface area (Å²) >= 11 is 0. The van der Waals surface area contributed by atoms with E-state index in [1.165, 1.54) is 0 Å². The summed E-state index contributed by atoms with van der Waals surface area (Å²) in [4.78, 5) is 24.0. The lowest BCUT2D eigenvalue weighted by molar-refractivity contribution is 0.0985. The minimum absolute atomic E-state index is 0.185. The van der Waals surface area contributed by atoms with Crippen molar-refractivity contribution in [1.29, 1.82) is 0 Å². The van der Waals surface area contributed by atoms with Crippen LogP contribution >= 0.6 is 0 Å². The molecule has 0 spiro atoms. The molecule has 0 fully saturated rings. The summed E-state index contributed by atoms with van der Waals surface area (Å²) in [6, 6.07) is 33.1. The number of carbonyl (C=O) groups is 2. The Kier molecular flexibility index (Phi) is 7.54. The molecule has 4 aromatic carbocycles. The number of hydrogen-bond donors (Lipinski definition) is 2. The zero-order chi connectivity index (χ0) is 27.2. The molecule has 2 atom stereocenters. The van der Waals surface area contributed by atoms with Crippen molar-refractivity contribution < 1.29 is 19.1 Å². The molecule has 4 aromatic rings. The fourth-order valence-corrected chi connectivity index (χ4v) is 4.65. The Morgan fingerprint density at radius 3 is 1.72 bits per heavy atom. The molecular weight excluding hydrogens is 492 g/mol. The molecule has 0 unspecified atom stereocenters. The average molecular weight is 521 g/mol. The monoisotopic (exact) mass is 520 g/mol. The Balaban J connectivity index is 1.52. The Bertz CT molecular complexity index is 1490. The first-order chi connectivity index (χ1) is 19.0. The van der Waals surface area contributed by atoms with E-state index in [1.54, 1.807) is 48.5 Å². The summed E-state index contributed by atoms with van der Waals surface area (Å²) in [5.41, 5.74) is 14.4.